The highest BCUT2D eigenvalue weighted by molar-refractivity contribution is 7.12. The first-order chi connectivity index (χ1) is 12.3. The van der Waals surface area contributed by atoms with Crippen molar-refractivity contribution in [2.24, 2.45) is 0 Å². The normalized spacial score (nSPS) is 25.8. The minimum absolute atomic E-state index is 0.235. The Morgan fingerprint density at radius 3 is 2.72 bits per heavy atom. The fourth-order valence-corrected chi connectivity index (χ4v) is 5.70. The van der Waals surface area contributed by atoms with Crippen LogP contribution in [0.2, 0.25) is 0 Å². The molecule has 0 radical (unpaired) electrons. The van der Waals surface area contributed by atoms with Crippen LogP contribution >= 0.6 is 11.3 Å². The second kappa shape index (κ2) is 8.19. The predicted octanol–water partition coefficient (Wildman–Crippen LogP) is 3.62. The summed E-state index contributed by atoms with van der Waals surface area (Å²) in [6.07, 6.45) is 8.45. The van der Waals surface area contributed by atoms with Crippen molar-refractivity contribution < 1.29 is 9.53 Å². The Bertz CT molecular complexity index is 576. The monoisotopic (exact) mass is 362 g/mol. The predicted molar refractivity (Wildman–Crippen MR) is 101 cm³/mol. The topological polar surface area (TPSA) is 32.8 Å². The minimum Gasteiger partial charge on any atom is -0.378 e. The number of rotatable bonds is 5. The van der Waals surface area contributed by atoms with Crippen LogP contribution in [0, 0.1) is 0 Å². The van der Waals surface area contributed by atoms with E-state index < -0.39 is 0 Å². The first kappa shape index (κ1) is 17.5. The van der Waals surface area contributed by atoms with Crippen molar-refractivity contribution in [2.45, 2.75) is 63.5 Å². The van der Waals surface area contributed by atoms with Gasteiger partial charge in [-0.2, -0.15) is 0 Å². The number of hydrogen-bond donors (Lipinski definition) is 0. The summed E-state index contributed by atoms with van der Waals surface area (Å²) in [4.78, 5) is 20.1. The van der Waals surface area contributed by atoms with E-state index in [2.05, 4.69) is 17.0 Å². The van der Waals surface area contributed by atoms with Crippen LogP contribution in [0.4, 0.5) is 0 Å². The number of carbonyl (C=O) groups is 1. The third kappa shape index (κ3) is 4.26. The van der Waals surface area contributed by atoms with Gasteiger partial charge in [0.1, 0.15) is 0 Å². The number of ether oxygens (including phenoxy) is 1. The van der Waals surface area contributed by atoms with Crippen molar-refractivity contribution >= 4 is 17.2 Å². The Hall–Kier alpha value is -0.910. The second-order valence-corrected chi connectivity index (χ2v) is 8.98. The van der Waals surface area contributed by atoms with E-state index in [4.69, 9.17) is 4.74 Å². The zero-order valence-electron chi connectivity index (χ0n) is 15.1. The van der Waals surface area contributed by atoms with Gasteiger partial charge in [0.05, 0.1) is 13.2 Å². The van der Waals surface area contributed by atoms with Crippen LogP contribution < -0.4 is 0 Å². The molecule has 5 heteroatoms. The van der Waals surface area contributed by atoms with Crippen molar-refractivity contribution in [1.29, 1.82) is 0 Å². The number of likely N-dealkylation sites (tertiary alicyclic amines) is 1. The first-order valence-electron chi connectivity index (χ1n) is 9.98. The molecule has 2 aliphatic heterocycles. The van der Waals surface area contributed by atoms with Gasteiger partial charge in [0.2, 0.25) is 5.91 Å². The lowest BCUT2D eigenvalue weighted by Crippen LogP contribution is -2.47. The lowest BCUT2D eigenvalue weighted by atomic mass is 10.1. The zero-order valence-corrected chi connectivity index (χ0v) is 15.9. The smallest absolute Gasteiger partial charge is 0.224 e. The number of amides is 1. The van der Waals surface area contributed by atoms with Gasteiger partial charge in [-0.3, -0.25) is 9.69 Å². The van der Waals surface area contributed by atoms with E-state index in [0.717, 1.165) is 51.5 Å². The fourth-order valence-electron chi connectivity index (χ4n) is 4.49. The maximum atomic E-state index is 12.5. The fraction of sp³-hybridized carbons (Fsp3) is 0.750. The Balaban J connectivity index is 1.36. The molecule has 4 rings (SSSR count). The molecule has 1 aromatic heterocycles. The summed E-state index contributed by atoms with van der Waals surface area (Å²) in [5.74, 6) is 1.12. The quantitative estimate of drug-likeness (QED) is 0.802. The van der Waals surface area contributed by atoms with E-state index in [1.165, 1.54) is 30.6 Å². The number of hydrogen-bond acceptors (Lipinski definition) is 4. The van der Waals surface area contributed by atoms with E-state index in [1.54, 1.807) is 4.88 Å². The molecule has 3 fully saturated rings. The molecule has 1 aromatic rings. The van der Waals surface area contributed by atoms with Gasteiger partial charge in [0.15, 0.2) is 0 Å². The van der Waals surface area contributed by atoms with Gasteiger partial charge in [0.25, 0.3) is 0 Å². The molecular weight excluding hydrogens is 332 g/mol. The van der Waals surface area contributed by atoms with E-state index in [0.29, 0.717) is 18.9 Å². The van der Waals surface area contributed by atoms with Crippen LogP contribution in [-0.2, 0) is 16.1 Å². The zero-order chi connectivity index (χ0) is 17.1. The molecule has 4 nitrogen and oxygen atoms in total. The molecule has 3 heterocycles. The third-order valence-corrected chi connectivity index (χ3v) is 7.25. The van der Waals surface area contributed by atoms with Crippen molar-refractivity contribution in [3.05, 3.63) is 21.9 Å². The van der Waals surface area contributed by atoms with Crippen LogP contribution in [0.5, 0.6) is 0 Å². The number of morpholine rings is 1. The van der Waals surface area contributed by atoms with Crippen LogP contribution in [0.15, 0.2) is 12.1 Å². The summed E-state index contributed by atoms with van der Waals surface area (Å²) in [6, 6.07) is 4.90. The SMILES string of the molecule is O=C(CC1COCCN1Cc1ccc(C2CCCC2)s1)N1CCCC1. The molecule has 1 aliphatic carbocycles. The van der Waals surface area contributed by atoms with Gasteiger partial charge in [-0.15, -0.1) is 11.3 Å². The van der Waals surface area contributed by atoms with Crippen molar-refractivity contribution in [2.75, 3.05) is 32.8 Å². The lowest BCUT2D eigenvalue weighted by Gasteiger charge is -2.35. The molecule has 2 saturated heterocycles. The molecule has 1 saturated carbocycles. The van der Waals surface area contributed by atoms with Crippen LogP contribution in [0.3, 0.4) is 0 Å². The Kier molecular flexibility index (Phi) is 5.73. The standard InChI is InChI=1S/C20H30N2O2S/c23-20(21-9-3-4-10-21)13-17-15-24-12-11-22(17)14-18-7-8-19(25-18)16-5-1-2-6-16/h7-8,16-17H,1-6,9-15H2. The van der Waals surface area contributed by atoms with Crippen molar-refractivity contribution in [1.82, 2.24) is 9.80 Å². The number of nitrogens with zero attached hydrogens (tertiary/aromatic N) is 2. The van der Waals surface area contributed by atoms with Crippen molar-refractivity contribution in [3.63, 3.8) is 0 Å². The third-order valence-electron chi connectivity index (χ3n) is 6.02. The molecule has 25 heavy (non-hydrogen) atoms. The van der Waals surface area contributed by atoms with Gasteiger partial charge in [-0.25, -0.2) is 0 Å². The molecule has 0 spiro atoms. The Labute approximate surface area is 155 Å². The summed E-state index contributed by atoms with van der Waals surface area (Å²) in [6.45, 7) is 5.28. The number of carbonyl (C=O) groups excluding carboxylic acids is 1. The van der Waals surface area contributed by atoms with E-state index in [9.17, 15) is 4.79 Å². The van der Waals surface area contributed by atoms with Gasteiger partial charge >= 0.3 is 0 Å². The van der Waals surface area contributed by atoms with Gasteiger partial charge < -0.3 is 9.64 Å². The van der Waals surface area contributed by atoms with E-state index in [1.807, 2.05) is 16.2 Å². The highest BCUT2D eigenvalue weighted by atomic mass is 32.1. The molecular formula is C20H30N2O2S. The minimum atomic E-state index is 0.235. The summed E-state index contributed by atoms with van der Waals surface area (Å²) in [7, 11) is 0. The van der Waals surface area contributed by atoms with Crippen molar-refractivity contribution in [3.8, 4) is 0 Å². The Morgan fingerprint density at radius 1 is 1.12 bits per heavy atom. The summed E-state index contributed by atoms with van der Waals surface area (Å²) in [5.41, 5.74) is 0. The molecule has 138 valence electrons. The van der Waals surface area contributed by atoms with E-state index >= 15 is 0 Å². The molecule has 0 aromatic carbocycles. The summed E-state index contributed by atoms with van der Waals surface area (Å²) in [5, 5.41) is 0. The summed E-state index contributed by atoms with van der Waals surface area (Å²) >= 11 is 1.99. The average Bonchev–Trinajstić information content (AvgIpc) is 3.38. The molecule has 0 N–H and O–H groups in total. The maximum absolute atomic E-state index is 12.5. The van der Waals surface area contributed by atoms with Crippen LogP contribution in [0.1, 0.15) is 60.6 Å². The average molecular weight is 363 g/mol. The molecule has 0 bridgehead atoms. The maximum Gasteiger partial charge on any atom is 0.224 e. The van der Waals surface area contributed by atoms with Gasteiger partial charge in [0, 0.05) is 48.4 Å². The highest BCUT2D eigenvalue weighted by Crippen LogP contribution is 2.38. The van der Waals surface area contributed by atoms with Crippen LogP contribution in [-0.4, -0.2) is 54.6 Å². The largest absolute Gasteiger partial charge is 0.378 e. The highest BCUT2D eigenvalue weighted by Gasteiger charge is 2.29. The lowest BCUT2D eigenvalue weighted by molar-refractivity contribution is -0.133. The van der Waals surface area contributed by atoms with Crippen LogP contribution in [0.25, 0.3) is 0 Å². The molecule has 1 atom stereocenters. The second-order valence-electron chi connectivity index (χ2n) is 7.78. The van der Waals surface area contributed by atoms with Gasteiger partial charge in [-0.1, -0.05) is 12.8 Å². The molecule has 1 unspecified atom stereocenters. The first-order valence-corrected chi connectivity index (χ1v) is 10.8. The van der Waals surface area contributed by atoms with E-state index in [-0.39, 0.29) is 6.04 Å². The number of thiophene rings is 1. The van der Waals surface area contributed by atoms with Gasteiger partial charge in [-0.05, 0) is 43.7 Å². The summed E-state index contributed by atoms with van der Waals surface area (Å²) < 4.78 is 5.69. The molecule has 1 amide bonds. The Morgan fingerprint density at radius 2 is 1.92 bits per heavy atom. The molecule has 3 aliphatic rings.